The van der Waals surface area contributed by atoms with Crippen LogP contribution in [0.5, 0.6) is 0 Å². The van der Waals surface area contributed by atoms with Crippen LogP contribution in [0.4, 0.5) is 0 Å². The highest BCUT2D eigenvalue weighted by atomic mass is 32.2. The van der Waals surface area contributed by atoms with Crippen LogP contribution < -0.4 is 0 Å². The molecule has 0 heterocycles. The monoisotopic (exact) mass is 241 g/mol. The van der Waals surface area contributed by atoms with Crippen LogP contribution in [0.1, 0.15) is 46.0 Å². The molecular formula is C14H27NS. The van der Waals surface area contributed by atoms with Crippen molar-refractivity contribution in [3.63, 3.8) is 0 Å². The third-order valence-electron chi connectivity index (χ3n) is 2.79. The van der Waals surface area contributed by atoms with Crippen molar-refractivity contribution in [1.29, 1.82) is 5.41 Å². The Kier molecular flexibility index (Phi) is 9.80. The van der Waals surface area contributed by atoms with Crippen LogP contribution in [0, 0.1) is 17.2 Å². The van der Waals surface area contributed by atoms with E-state index < -0.39 is 0 Å². The SMILES string of the molecule is C=CC(CCSC)CC(=N)CCCC(C)C. The van der Waals surface area contributed by atoms with Gasteiger partial charge in [0.25, 0.3) is 0 Å². The van der Waals surface area contributed by atoms with Gasteiger partial charge in [-0.25, -0.2) is 0 Å². The van der Waals surface area contributed by atoms with Gasteiger partial charge in [-0.1, -0.05) is 26.3 Å². The van der Waals surface area contributed by atoms with Crippen molar-refractivity contribution in [3.05, 3.63) is 12.7 Å². The summed E-state index contributed by atoms with van der Waals surface area (Å²) in [6.45, 7) is 8.36. The first-order chi connectivity index (χ1) is 7.60. The number of hydrogen-bond acceptors (Lipinski definition) is 2. The third-order valence-corrected chi connectivity index (χ3v) is 3.44. The van der Waals surface area contributed by atoms with E-state index in [0.717, 1.165) is 30.9 Å². The maximum atomic E-state index is 7.95. The Morgan fingerprint density at radius 1 is 1.38 bits per heavy atom. The second-order valence-corrected chi connectivity index (χ2v) is 5.86. The van der Waals surface area contributed by atoms with Crippen LogP contribution in [-0.4, -0.2) is 17.7 Å². The average molecular weight is 241 g/mol. The van der Waals surface area contributed by atoms with Gasteiger partial charge in [0.05, 0.1) is 0 Å². The second-order valence-electron chi connectivity index (χ2n) is 4.87. The lowest BCUT2D eigenvalue weighted by atomic mass is 9.95. The topological polar surface area (TPSA) is 23.9 Å². The summed E-state index contributed by atoms with van der Waals surface area (Å²) in [5, 5.41) is 7.95. The molecule has 0 aromatic heterocycles. The molecule has 1 nitrogen and oxygen atoms in total. The molecule has 0 aliphatic carbocycles. The van der Waals surface area contributed by atoms with Crippen molar-refractivity contribution >= 4 is 17.5 Å². The Labute approximate surface area is 106 Å². The molecule has 1 atom stereocenters. The van der Waals surface area contributed by atoms with Crippen molar-refractivity contribution < 1.29 is 0 Å². The Morgan fingerprint density at radius 3 is 2.56 bits per heavy atom. The molecule has 0 aromatic carbocycles. The third kappa shape index (κ3) is 9.02. The van der Waals surface area contributed by atoms with Crippen molar-refractivity contribution in [2.45, 2.75) is 46.0 Å². The molecule has 0 saturated carbocycles. The normalized spacial score (nSPS) is 12.8. The van der Waals surface area contributed by atoms with E-state index in [4.69, 9.17) is 5.41 Å². The predicted molar refractivity (Wildman–Crippen MR) is 77.7 cm³/mol. The molecule has 0 spiro atoms. The van der Waals surface area contributed by atoms with Crippen LogP contribution in [0.25, 0.3) is 0 Å². The summed E-state index contributed by atoms with van der Waals surface area (Å²) in [5.74, 6) is 2.45. The van der Waals surface area contributed by atoms with Crippen LogP contribution >= 0.6 is 11.8 Å². The lowest BCUT2D eigenvalue weighted by Crippen LogP contribution is -2.07. The number of thioether (sulfide) groups is 1. The minimum Gasteiger partial charge on any atom is -0.310 e. The molecule has 0 aliphatic rings. The van der Waals surface area contributed by atoms with Gasteiger partial charge in [0.1, 0.15) is 0 Å². The number of rotatable bonds is 10. The Bertz CT molecular complexity index is 199. The fourth-order valence-corrected chi connectivity index (χ4v) is 2.25. The van der Waals surface area contributed by atoms with Gasteiger partial charge in [0.2, 0.25) is 0 Å². The minimum atomic E-state index is 0.513. The maximum absolute atomic E-state index is 7.95. The molecule has 1 unspecified atom stereocenters. The Morgan fingerprint density at radius 2 is 2.06 bits per heavy atom. The summed E-state index contributed by atoms with van der Waals surface area (Å²) in [4.78, 5) is 0. The van der Waals surface area contributed by atoms with Gasteiger partial charge in [0, 0.05) is 5.71 Å². The molecule has 16 heavy (non-hydrogen) atoms. The first-order valence-corrected chi connectivity index (χ1v) is 7.67. The molecule has 94 valence electrons. The smallest absolute Gasteiger partial charge is 0.00950 e. The average Bonchev–Trinajstić information content (AvgIpc) is 2.23. The molecule has 0 saturated heterocycles. The van der Waals surface area contributed by atoms with Gasteiger partial charge in [-0.2, -0.15) is 11.8 Å². The zero-order chi connectivity index (χ0) is 12.4. The van der Waals surface area contributed by atoms with Gasteiger partial charge < -0.3 is 5.41 Å². The van der Waals surface area contributed by atoms with E-state index in [1.807, 2.05) is 17.8 Å². The molecule has 0 fully saturated rings. The van der Waals surface area contributed by atoms with Crippen LogP contribution in [0.15, 0.2) is 12.7 Å². The molecule has 0 rings (SSSR count). The molecular weight excluding hydrogens is 214 g/mol. The lowest BCUT2D eigenvalue weighted by Gasteiger charge is -2.12. The van der Waals surface area contributed by atoms with Crippen LogP contribution in [-0.2, 0) is 0 Å². The summed E-state index contributed by atoms with van der Waals surface area (Å²) in [6.07, 6.45) is 9.62. The first kappa shape index (κ1) is 15.8. The highest BCUT2D eigenvalue weighted by Crippen LogP contribution is 2.16. The minimum absolute atomic E-state index is 0.513. The summed E-state index contributed by atoms with van der Waals surface area (Å²) in [7, 11) is 0. The fourth-order valence-electron chi connectivity index (χ4n) is 1.71. The molecule has 0 radical (unpaired) electrons. The van der Waals surface area contributed by atoms with Crippen molar-refractivity contribution in [2.24, 2.45) is 11.8 Å². The van der Waals surface area contributed by atoms with E-state index >= 15 is 0 Å². The summed E-state index contributed by atoms with van der Waals surface area (Å²) >= 11 is 1.88. The van der Waals surface area contributed by atoms with E-state index in [1.165, 1.54) is 18.6 Å². The highest BCUT2D eigenvalue weighted by Gasteiger charge is 2.07. The fraction of sp³-hybridized carbons (Fsp3) is 0.786. The molecule has 0 bridgehead atoms. The van der Waals surface area contributed by atoms with Crippen LogP contribution in [0.2, 0.25) is 0 Å². The van der Waals surface area contributed by atoms with Crippen molar-refractivity contribution in [1.82, 2.24) is 0 Å². The Hall–Kier alpha value is -0.240. The quantitative estimate of drug-likeness (QED) is 0.432. The van der Waals surface area contributed by atoms with Gasteiger partial charge in [-0.15, -0.1) is 6.58 Å². The lowest BCUT2D eigenvalue weighted by molar-refractivity contribution is 0.559. The van der Waals surface area contributed by atoms with Crippen molar-refractivity contribution in [2.75, 3.05) is 12.0 Å². The first-order valence-electron chi connectivity index (χ1n) is 6.28. The largest absolute Gasteiger partial charge is 0.310 e. The van der Waals surface area contributed by atoms with Gasteiger partial charge in [-0.3, -0.25) is 0 Å². The number of hydrogen-bond donors (Lipinski definition) is 1. The Balaban J connectivity index is 3.69. The molecule has 2 heteroatoms. The summed E-state index contributed by atoms with van der Waals surface area (Å²) in [6, 6.07) is 0. The zero-order valence-corrected chi connectivity index (χ0v) is 11.9. The second kappa shape index (κ2) is 9.95. The number of allylic oxidation sites excluding steroid dienone is 1. The standard InChI is InChI=1S/C14H27NS/c1-5-13(9-10-16-4)11-14(15)8-6-7-12(2)3/h5,12-13,15H,1,6-11H2,2-4H3. The number of nitrogens with one attached hydrogen (secondary N) is 1. The zero-order valence-electron chi connectivity index (χ0n) is 11.1. The van der Waals surface area contributed by atoms with Gasteiger partial charge in [-0.05, 0) is 49.5 Å². The predicted octanol–water partition coefficient (Wildman–Crippen LogP) is 4.78. The molecule has 1 N–H and O–H groups in total. The molecule has 0 aromatic rings. The van der Waals surface area contributed by atoms with E-state index in [-0.39, 0.29) is 0 Å². The maximum Gasteiger partial charge on any atom is 0.00950 e. The van der Waals surface area contributed by atoms with Gasteiger partial charge >= 0.3 is 0 Å². The van der Waals surface area contributed by atoms with Crippen LogP contribution in [0.3, 0.4) is 0 Å². The van der Waals surface area contributed by atoms with E-state index in [9.17, 15) is 0 Å². The highest BCUT2D eigenvalue weighted by molar-refractivity contribution is 7.98. The van der Waals surface area contributed by atoms with Crippen molar-refractivity contribution in [3.8, 4) is 0 Å². The van der Waals surface area contributed by atoms with Gasteiger partial charge in [0.15, 0.2) is 0 Å². The summed E-state index contributed by atoms with van der Waals surface area (Å²) in [5.41, 5.74) is 0.909. The van der Waals surface area contributed by atoms with E-state index in [2.05, 4.69) is 26.7 Å². The van der Waals surface area contributed by atoms with E-state index in [0.29, 0.717) is 5.92 Å². The van der Waals surface area contributed by atoms with E-state index in [1.54, 1.807) is 0 Å². The summed E-state index contributed by atoms with van der Waals surface area (Å²) < 4.78 is 0. The molecule has 0 aliphatic heterocycles. The molecule has 0 amide bonds.